The van der Waals surface area contributed by atoms with Crippen LogP contribution in [0.5, 0.6) is 0 Å². The highest BCUT2D eigenvalue weighted by molar-refractivity contribution is 6.03. The molecule has 0 spiro atoms. The van der Waals surface area contributed by atoms with Gasteiger partial charge in [0.2, 0.25) is 5.89 Å². The minimum absolute atomic E-state index is 0.108. The summed E-state index contributed by atoms with van der Waals surface area (Å²) in [6.45, 7) is 2.36. The van der Waals surface area contributed by atoms with Crippen molar-refractivity contribution in [3.8, 4) is 11.5 Å². The Hall–Kier alpha value is -4.20. The Kier molecular flexibility index (Phi) is 4.82. The molecule has 8 nitrogen and oxygen atoms in total. The summed E-state index contributed by atoms with van der Waals surface area (Å²) in [7, 11) is 3.72. The monoisotopic (exact) mass is 426 g/mol. The first-order chi connectivity index (χ1) is 15.5. The van der Waals surface area contributed by atoms with Crippen molar-refractivity contribution in [1.82, 2.24) is 24.8 Å². The van der Waals surface area contributed by atoms with Gasteiger partial charge < -0.3 is 19.6 Å². The van der Waals surface area contributed by atoms with Crippen LogP contribution in [0.1, 0.15) is 21.5 Å². The number of fused-ring (bicyclic) bond motifs is 3. The molecule has 0 aliphatic heterocycles. The molecule has 160 valence electrons. The quantitative estimate of drug-likeness (QED) is 0.440. The smallest absolute Gasteiger partial charge is 0.251 e. The zero-order valence-electron chi connectivity index (χ0n) is 18.0. The van der Waals surface area contributed by atoms with Gasteiger partial charge >= 0.3 is 0 Å². The molecule has 8 heteroatoms. The number of aromatic nitrogens is 4. The number of nitrogens with one attached hydrogen (secondary N) is 2. The van der Waals surface area contributed by atoms with Gasteiger partial charge in [-0.3, -0.25) is 4.79 Å². The molecule has 0 fully saturated rings. The summed E-state index contributed by atoms with van der Waals surface area (Å²) in [4.78, 5) is 26.1. The Balaban J connectivity index is 1.44. The number of oxazole rings is 1. The molecule has 3 heterocycles. The van der Waals surface area contributed by atoms with Gasteiger partial charge in [-0.05, 0) is 36.8 Å². The minimum atomic E-state index is -0.108. The van der Waals surface area contributed by atoms with Crippen LogP contribution in [-0.4, -0.2) is 32.5 Å². The van der Waals surface area contributed by atoms with Crippen LogP contribution in [0.4, 0.5) is 5.82 Å². The number of pyridine rings is 1. The van der Waals surface area contributed by atoms with Crippen LogP contribution in [0.2, 0.25) is 0 Å². The van der Waals surface area contributed by atoms with E-state index in [0.29, 0.717) is 35.0 Å². The number of carbonyl (C=O) groups is 1. The van der Waals surface area contributed by atoms with E-state index in [1.54, 1.807) is 13.4 Å². The number of rotatable bonds is 5. The Morgan fingerprint density at radius 1 is 1.09 bits per heavy atom. The first-order valence-corrected chi connectivity index (χ1v) is 10.3. The van der Waals surface area contributed by atoms with Gasteiger partial charge in [-0.2, -0.15) is 4.98 Å². The number of aryl methyl sites for hydroxylation is 2. The molecule has 0 aliphatic carbocycles. The normalized spacial score (nSPS) is 11.2. The van der Waals surface area contributed by atoms with E-state index in [1.165, 1.54) is 0 Å². The van der Waals surface area contributed by atoms with Crippen molar-refractivity contribution >= 4 is 34.0 Å². The van der Waals surface area contributed by atoms with Crippen LogP contribution in [0.25, 0.3) is 33.7 Å². The highest BCUT2D eigenvalue weighted by Gasteiger charge is 2.18. The van der Waals surface area contributed by atoms with E-state index < -0.39 is 0 Å². The Morgan fingerprint density at radius 3 is 2.75 bits per heavy atom. The van der Waals surface area contributed by atoms with Gasteiger partial charge in [0.25, 0.3) is 11.6 Å². The fraction of sp³-hybridized carbons (Fsp3) is 0.167. The van der Waals surface area contributed by atoms with E-state index in [1.807, 2.05) is 67.1 Å². The lowest BCUT2D eigenvalue weighted by Gasteiger charge is -2.07. The summed E-state index contributed by atoms with van der Waals surface area (Å²) in [6, 6.07) is 15.3. The number of hydrogen-bond donors (Lipinski definition) is 2. The van der Waals surface area contributed by atoms with E-state index in [-0.39, 0.29) is 5.91 Å². The van der Waals surface area contributed by atoms with Crippen LogP contribution in [0, 0.1) is 6.92 Å². The van der Waals surface area contributed by atoms with Gasteiger partial charge in [-0.1, -0.05) is 29.8 Å². The van der Waals surface area contributed by atoms with E-state index in [4.69, 9.17) is 9.40 Å². The van der Waals surface area contributed by atoms with Crippen molar-refractivity contribution < 1.29 is 9.21 Å². The molecule has 1 amide bonds. The minimum Gasteiger partial charge on any atom is -0.418 e. The maximum atomic E-state index is 12.5. The number of anilines is 1. The Labute approximate surface area is 184 Å². The van der Waals surface area contributed by atoms with E-state index in [9.17, 15) is 4.79 Å². The molecule has 5 aromatic rings. The topological polar surface area (TPSA) is 97.9 Å². The van der Waals surface area contributed by atoms with Gasteiger partial charge in [-0.25, -0.2) is 9.97 Å². The summed E-state index contributed by atoms with van der Waals surface area (Å²) in [5.74, 6) is 1.00. The third kappa shape index (κ3) is 3.45. The molecule has 0 aliphatic rings. The average Bonchev–Trinajstić information content (AvgIpc) is 3.40. The first-order valence-electron chi connectivity index (χ1n) is 10.3. The van der Waals surface area contributed by atoms with Crippen LogP contribution >= 0.6 is 0 Å². The second-order valence-electron chi connectivity index (χ2n) is 7.69. The average molecular weight is 426 g/mol. The highest BCUT2D eigenvalue weighted by Crippen LogP contribution is 2.31. The summed E-state index contributed by atoms with van der Waals surface area (Å²) >= 11 is 0. The maximum absolute atomic E-state index is 12.5. The number of benzene rings is 2. The van der Waals surface area contributed by atoms with E-state index >= 15 is 0 Å². The van der Waals surface area contributed by atoms with Crippen LogP contribution in [0.15, 0.2) is 59.3 Å². The molecule has 0 radical (unpaired) electrons. The number of carbonyl (C=O) groups excluding carboxylic acids is 1. The molecule has 2 aromatic carbocycles. The largest absolute Gasteiger partial charge is 0.418 e. The molecule has 0 saturated carbocycles. The highest BCUT2D eigenvalue weighted by atomic mass is 16.4. The van der Waals surface area contributed by atoms with Crippen molar-refractivity contribution in [2.24, 2.45) is 7.05 Å². The number of amides is 1. The molecule has 0 unspecified atom stereocenters. The number of nitrogens with zero attached hydrogens (tertiary/aromatic N) is 4. The van der Waals surface area contributed by atoms with Crippen molar-refractivity contribution in [2.45, 2.75) is 13.5 Å². The lowest BCUT2D eigenvalue weighted by molar-refractivity contribution is 0.0951. The Bertz CT molecular complexity index is 1470. The van der Waals surface area contributed by atoms with E-state index in [0.717, 1.165) is 27.7 Å². The molecule has 32 heavy (non-hydrogen) atoms. The van der Waals surface area contributed by atoms with Gasteiger partial charge in [0.05, 0.1) is 6.33 Å². The van der Waals surface area contributed by atoms with Gasteiger partial charge in [0.1, 0.15) is 11.0 Å². The van der Waals surface area contributed by atoms with Crippen molar-refractivity contribution in [3.63, 3.8) is 0 Å². The SMILES string of the molecule is CNc1nc2oc(-c3cccc(CNC(=O)c4cccc(C)c4)c3)nc2c2c1ncn2C. The molecule has 3 aromatic heterocycles. The van der Waals surface area contributed by atoms with Crippen molar-refractivity contribution in [3.05, 3.63) is 71.5 Å². The second-order valence-corrected chi connectivity index (χ2v) is 7.69. The zero-order valence-corrected chi connectivity index (χ0v) is 18.0. The number of imidazole rings is 1. The molecule has 0 bridgehead atoms. The van der Waals surface area contributed by atoms with Gasteiger partial charge in [0, 0.05) is 31.8 Å². The van der Waals surface area contributed by atoms with Crippen molar-refractivity contribution in [2.75, 3.05) is 12.4 Å². The maximum Gasteiger partial charge on any atom is 0.251 e. The molecule has 5 rings (SSSR count). The van der Waals surface area contributed by atoms with Gasteiger partial charge in [-0.15, -0.1) is 0 Å². The molecule has 0 atom stereocenters. The summed E-state index contributed by atoms with van der Waals surface area (Å²) in [5.41, 5.74) is 6.16. The van der Waals surface area contributed by atoms with Crippen LogP contribution < -0.4 is 10.6 Å². The summed E-state index contributed by atoms with van der Waals surface area (Å²) in [5, 5.41) is 6.03. The predicted molar refractivity (Wildman–Crippen MR) is 123 cm³/mol. The predicted octanol–water partition coefficient (Wildman–Crippen LogP) is 4.06. The Morgan fingerprint density at radius 2 is 1.94 bits per heavy atom. The van der Waals surface area contributed by atoms with Crippen molar-refractivity contribution in [1.29, 1.82) is 0 Å². The zero-order chi connectivity index (χ0) is 22.2. The van der Waals surface area contributed by atoms with Crippen LogP contribution in [-0.2, 0) is 13.6 Å². The first kappa shape index (κ1) is 19.7. The van der Waals surface area contributed by atoms with Crippen LogP contribution in [0.3, 0.4) is 0 Å². The van der Waals surface area contributed by atoms with E-state index in [2.05, 4.69) is 20.6 Å². The third-order valence-electron chi connectivity index (χ3n) is 5.35. The second kappa shape index (κ2) is 7.81. The standard InChI is InChI=1S/C24H22N6O2/c1-14-6-4-8-16(10-14)22(31)26-12-15-7-5-9-17(11-15)23-28-19-20-18(27-13-30(20)3)21(25-2)29-24(19)32-23/h4-11,13H,12H2,1-3H3,(H,25,29)(H,26,31). The molecular formula is C24H22N6O2. The lowest BCUT2D eigenvalue weighted by Crippen LogP contribution is -2.22. The molecule has 0 saturated heterocycles. The summed E-state index contributed by atoms with van der Waals surface area (Å²) in [6.07, 6.45) is 1.73. The molecule has 2 N–H and O–H groups in total. The fourth-order valence-corrected chi connectivity index (χ4v) is 3.76. The molecular weight excluding hydrogens is 404 g/mol. The number of hydrogen-bond acceptors (Lipinski definition) is 6. The van der Waals surface area contributed by atoms with Gasteiger partial charge in [0.15, 0.2) is 11.3 Å². The lowest BCUT2D eigenvalue weighted by atomic mass is 10.1. The third-order valence-corrected chi connectivity index (χ3v) is 5.35. The summed E-state index contributed by atoms with van der Waals surface area (Å²) < 4.78 is 7.91. The fourth-order valence-electron chi connectivity index (χ4n) is 3.76.